The van der Waals surface area contributed by atoms with Gasteiger partial charge in [-0.2, -0.15) is 0 Å². The Hall–Kier alpha value is -2.81. The Bertz CT molecular complexity index is 1010. The highest BCUT2D eigenvalue weighted by Crippen LogP contribution is 2.26. The molecule has 2 N–H and O–H groups in total. The summed E-state index contributed by atoms with van der Waals surface area (Å²) in [5, 5.41) is 6.32. The van der Waals surface area contributed by atoms with Gasteiger partial charge in [0.2, 0.25) is 0 Å². The zero-order valence-electron chi connectivity index (χ0n) is 17.5. The van der Waals surface area contributed by atoms with E-state index in [1.807, 2.05) is 31.3 Å². The highest BCUT2D eigenvalue weighted by atomic mass is 127. The zero-order chi connectivity index (χ0) is 20.8. The largest absolute Gasteiger partial charge is 0.459 e. The van der Waals surface area contributed by atoms with E-state index in [9.17, 15) is 4.79 Å². The van der Waals surface area contributed by atoms with Gasteiger partial charge in [-0.15, -0.1) is 24.0 Å². The van der Waals surface area contributed by atoms with Gasteiger partial charge in [0.25, 0.3) is 5.91 Å². The van der Waals surface area contributed by atoms with Crippen molar-refractivity contribution in [2.24, 2.45) is 4.99 Å². The minimum atomic E-state index is -0.259. The van der Waals surface area contributed by atoms with Crippen LogP contribution in [0.3, 0.4) is 0 Å². The van der Waals surface area contributed by atoms with Crippen molar-refractivity contribution in [2.75, 3.05) is 25.5 Å². The standard InChI is InChI=1S/C24H26N4O2.HI/c1-25-24(28-13-12-20(17-28)19-8-3-2-4-9-19)26-16-18-7-5-10-21(15-18)27-23(29)22-11-6-14-30-22;/h2-11,14-15,20H,12-13,16-17H2,1H3,(H,25,26)(H,27,29);1H. The quantitative estimate of drug-likeness (QED) is 0.285. The number of nitrogens with one attached hydrogen (secondary N) is 2. The summed E-state index contributed by atoms with van der Waals surface area (Å²) in [6.45, 7) is 2.57. The van der Waals surface area contributed by atoms with Crippen molar-refractivity contribution in [3.63, 3.8) is 0 Å². The number of nitrogens with zero attached hydrogens (tertiary/aromatic N) is 2. The van der Waals surface area contributed by atoms with Crippen LogP contribution in [0.2, 0.25) is 0 Å². The van der Waals surface area contributed by atoms with Crippen molar-refractivity contribution >= 4 is 41.5 Å². The van der Waals surface area contributed by atoms with E-state index in [4.69, 9.17) is 4.42 Å². The SMILES string of the molecule is CN=C(NCc1cccc(NC(=O)c2ccco2)c1)N1CCC(c2ccccc2)C1.I. The number of likely N-dealkylation sites (tertiary alicyclic amines) is 1. The summed E-state index contributed by atoms with van der Waals surface area (Å²) in [5.41, 5.74) is 3.18. The molecule has 0 bridgehead atoms. The Kier molecular flexibility index (Phi) is 8.11. The molecule has 2 aromatic carbocycles. The third-order valence-electron chi connectivity index (χ3n) is 5.35. The van der Waals surface area contributed by atoms with Gasteiger partial charge in [-0.05, 0) is 41.8 Å². The molecule has 1 unspecified atom stereocenters. The van der Waals surface area contributed by atoms with Crippen LogP contribution in [0.25, 0.3) is 0 Å². The predicted octanol–water partition coefficient (Wildman–Crippen LogP) is 4.71. The summed E-state index contributed by atoms with van der Waals surface area (Å²) in [5.74, 6) is 1.47. The first-order valence-corrected chi connectivity index (χ1v) is 10.2. The molecule has 0 radical (unpaired) electrons. The second-order valence-electron chi connectivity index (χ2n) is 7.37. The molecule has 31 heavy (non-hydrogen) atoms. The fraction of sp³-hybridized carbons (Fsp3) is 0.250. The van der Waals surface area contributed by atoms with Gasteiger partial charge in [0.15, 0.2) is 11.7 Å². The van der Waals surface area contributed by atoms with Crippen LogP contribution in [0.15, 0.2) is 82.4 Å². The maximum absolute atomic E-state index is 12.2. The van der Waals surface area contributed by atoms with Crippen molar-refractivity contribution in [3.05, 3.63) is 89.9 Å². The van der Waals surface area contributed by atoms with E-state index >= 15 is 0 Å². The molecule has 1 saturated heterocycles. The van der Waals surface area contributed by atoms with Gasteiger partial charge >= 0.3 is 0 Å². The molecule has 1 fully saturated rings. The average molecular weight is 530 g/mol. The van der Waals surface area contributed by atoms with Gasteiger partial charge < -0.3 is 20.0 Å². The van der Waals surface area contributed by atoms with Crippen molar-refractivity contribution in [3.8, 4) is 0 Å². The van der Waals surface area contributed by atoms with Crippen LogP contribution in [0.4, 0.5) is 5.69 Å². The minimum absolute atomic E-state index is 0. The summed E-state index contributed by atoms with van der Waals surface area (Å²) >= 11 is 0. The Labute approximate surface area is 199 Å². The van der Waals surface area contributed by atoms with E-state index in [-0.39, 0.29) is 29.9 Å². The molecule has 6 nitrogen and oxygen atoms in total. The smallest absolute Gasteiger partial charge is 0.291 e. The van der Waals surface area contributed by atoms with E-state index in [0.717, 1.165) is 36.7 Å². The lowest BCUT2D eigenvalue weighted by Crippen LogP contribution is -2.39. The van der Waals surface area contributed by atoms with Crippen molar-refractivity contribution < 1.29 is 9.21 Å². The molecule has 0 aliphatic carbocycles. The van der Waals surface area contributed by atoms with Gasteiger partial charge in [0, 0.05) is 38.3 Å². The number of furan rings is 1. The zero-order valence-corrected chi connectivity index (χ0v) is 19.8. The number of rotatable bonds is 5. The van der Waals surface area contributed by atoms with Crippen LogP contribution in [-0.2, 0) is 6.54 Å². The number of hydrogen-bond acceptors (Lipinski definition) is 3. The second-order valence-corrected chi connectivity index (χ2v) is 7.37. The molecule has 1 aromatic heterocycles. The minimum Gasteiger partial charge on any atom is -0.459 e. The Morgan fingerprint density at radius 3 is 2.71 bits per heavy atom. The summed E-state index contributed by atoms with van der Waals surface area (Å²) < 4.78 is 5.14. The molecular formula is C24H27IN4O2. The number of guanidine groups is 1. The van der Waals surface area contributed by atoms with Gasteiger partial charge in [0.05, 0.1) is 6.26 Å². The van der Waals surface area contributed by atoms with E-state index in [1.54, 1.807) is 12.1 Å². The maximum atomic E-state index is 12.2. The Morgan fingerprint density at radius 1 is 1.13 bits per heavy atom. The van der Waals surface area contributed by atoms with Gasteiger partial charge in [-0.1, -0.05) is 42.5 Å². The van der Waals surface area contributed by atoms with Crippen LogP contribution in [0.1, 0.15) is 34.0 Å². The first-order chi connectivity index (χ1) is 14.7. The molecule has 162 valence electrons. The number of benzene rings is 2. The summed E-state index contributed by atoms with van der Waals surface area (Å²) in [4.78, 5) is 18.9. The van der Waals surface area contributed by atoms with Crippen molar-refractivity contribution in [1.82, 2.24) is 10.2 Å². The molecule has 3 aromatic rings. The average Bonchev–Trinajstić information content (AvgIpc) is 3.48. The lowest BCUT2D eigenvalue weighted by molar-refractivity contribution is 0.0996. The first kappa shape index (κ1) is 22.9. The van der Waals surface area contributed by atoms with Crippen molar-refractivity contribution in [1.29, 1.82) is 0 Å². The number of hydrogen-bond donors (Lipinski definition) is 2. The van der Waals surface area contributed by atoms with Gasteiger partial charge in [0.1, 0.15) is 0 Å². The van der Waals surface area contributed by atoms with E-state index < -0.39 is 0 Å². The molecule has 4 rings (SSSR count). The predicted molar refractivity (Wildman–Crippen MR) is 134 cm³/mol. The van der Waals surface area contributed by atoms with Crippen LogP contribution >= 0.6 is 24.0 Å². The topological polar surface area (TPSA) is 69.9 Å². The lowest BCUT2D eigenvalue weighted by atomic mass is 9.99. The third kappa shape index (κ3) is 5.88. The maximum Gasteiger partial charge on any atom is 0.291 e. The number of aliphatic imine (C=N–C) groups is 1. The molecule has 7 heteroatoms. The molecule has 0 spiro atoms. The molecule has 1 aliphatic heterocycles. The fourth-order valence-corrected chi connectivity index (χ4v) is 3.82. The lowest BCUT2D eigenvalue weighted by Gasteiger charge is -2.22. The van der Waals surface area contributed by atoms with Gasteiger partial charge in [-0.25, -0.2) is 0 Å². The van der Waals surface area contributed by atoms with E-state index in [1.165, 1.54) is 11.8 Å². The molecular weight excluding hydrogens is 503 g/mol. The summed E-state index contributed by atoms with van der Waals surface area (Å²) in [7, 11) is 1.82. The normalized spacial score (nSPS) is 16.0. The Morgan fingerprint density at radius 2 is 1.97 bits per heavy atom. The summed E-state index contributed by atoms with van der Waals surface area (Å²) in [6.07, 6.45) is 2.61. The van der Waals surface area contributed by atoms with Crippen LogP contribution in [-0.4, -0.2) is 36.9 Å². The molecule has 0 saturated carbocycles. The highest BCUT2D eigenvalue weighted by Gasteiger charge is 2.25. The van der Waals surface area contributed by atoms with Crippen LogP contribution < -0.4 is 10.6 Å². The number of anilines is 1. The number of halogens is 1. The fourth-order valence-electron chi connectivity index (χ4n) is 3.82. The third-order valence-corrected chi connectivity index (χ3v) is 5.35. The monoisotopic (exact) mass is 530 g/mol. The molecule has 2 heterocycles. The molecule has 1 aliphatic rings. The number of carbonyl (C=O) groups excluding carboxylic acids is 1. The van der Waals surface area contributed by atoms with Crippen molar-refractivity contribution in [2.45, 2.75) is 18.9 Å². The number of amides is 1. The molecule has 1 atom stereocenters. The number of carbonyl (C=O) groups is 1. The van der Waals surface area contributed by atoms with E-state index in [0.29, 0.717) is 18.2 Å². The summed E-state index contributed by atoms with van der Waals surface area (Å²) in [6, 6.07) is 21.8. The highest BCUT2D eigenvalue weighted by molar-refractivity contribution is 14.0. The first-order valence-electron chi connectivity index (χ1n) is 10.2. The van der Waals surface area contributed by atoms with Crippen LogP contribution in [0.5, 0.6) is 0 Å². The van der Waals surface area contributed by atoms with Gasteiger partial charge in [-0.3, -0.25) is 9.79 Å². The van der Waals surface area contributed by atoms with Crippen LogP contribution in [0, 0.1) is 0 Å². The second kappa shape index (κ2) is 11.0. The van der Waals surface area contributed by atoms with E-state index in [2.05, 4.69) is 50.9 Å². The molecule has 1 amide bonds. The Balaban J connectivity index is 0.00000272.